The standard InChI is InChI=1S/C13H14O4/c1-3-4-5-8-10(14)9-6-7-17-13(9)11(15)12(8)16-2/h6-7H,3-5H2,1-2H3. The van der Waals surface area contributed by atoms with Crippen LogP contribution in [0.2, 0.25) is 0 Å². The summed E-state index contributed by atoms with van der Waals surface area (Å²) in [6.07, 6.45) is 3.74. The molecule has 0 N–H and O–H groups in total. The van der Waals surface area contributed by atoms with Gasteiger partial charge < -0.3 is 9.15 Å². The normalized spacial score (nSPS) is 15.2. The van der Waals surface area contributed by atoms with Gasteiger partial charge in [-0.2, -0.15) is 0 Å². The highest BCUT2D eigenvalue weighted by molar-refractivity contribution is 6.25. The molecule has 0 radical (unpaired) electrons. The van der Waals surface area contributed by atoms with Gasteiger partial charge in [0.1, 0.15) is 0 Å². The fraction of sp³-hybridized carbons (Fsp3) is 0.385. The van der Waals surface area contributed by atoms with Gasteiger partial charge in [0.15, 0.2) is 17.3 Å². The predicted molar refractivity (Wildman–Crippen MR) is 60.9 cm³/mol. The minimum atomic E-state index is -0.335. The lowest BCUT2D eigenvalue weighted by Crippen LogP contribution is -2.21. The molecule has 4 nitrogen and oxygen atoms in total. The van der Waals surface area contributed by atoms with Crippen LogP contribution in [0.25, 0.3) is 0 Å². The zero-order chi connectivity index (χ0) is 12.4. The highest BCUT2D eigenvalue weighted by Gasteiger charge is 2.35. The minimum absolute atomic E-state index is 0.0899. The molecule has 1 aliphatic carbocycles. The average molecular weight is 234 g/mol. The van der Waals surface area contributed by atoms with Crippen molar-refractivity contribution in [3.05, 3.63) is 35.0 Å². The summed E-state index contributed by atoms with van der Waals surface area (Å²) < 4.78 is 10.1. The Hall–Kier alpha value is -1.84. The molecule has 0 bridgehead atoms. The predicted octanol–water partition coefficient (Wildman–Crippen LogP) is 2.75. The molecular formula is C13H14O4. The maximum absolute atomic E-state index is 12.1. The highest BCUT2D eigenvalue weighted by atomic mass is 16.5. The van der Waals surface area contributed by atoms with Crippen molar-refractivity contribution in [1.29, 1.82) is 0 Å². The molecule has 0 spiro atoms. The van der Waals surface area contributed by atoms with Crippen LogP contribution >= 0.6 is 0 Å². The van der Waals surface area contributed by atoms with E-state index in [0.29, 0.717) is 17.6 Å². The van der Waals surface area contributed by atoms with Crippen molar-refractivity contribution in [2.45, 2.75) is 26.2 Å². The molecule has 1 heterocycles. The van der Waals surface area contributed by atoms with E-state index in [9.17, 15) is 9.59 Å². The maximum atomic E-state index is 12.1. The van der Waals surface area contributed by atoms with Crippen LogP contribution in [0.3, 0.4) is 0 Å². The molecule has 17 heavy (non-hydrogen) atoms. The van der Waals surface area contributed by atoms with Crippen molar-refractivity contribution < 1.29 is 18.7 Å². The van der Waals surface area contributed by atoms with Crippen LogP contribution in [0.4, 0.5) is 0 Å². The van der Waals surface area contributed by atoms with Crippen LogP contribution in [-0.4, -0.2) is 18.7 Å². The summed E-state index contributed by atoms with van der Waals surface area (Å²) in [6.45, 7) is 2.03. The van der Waals surface area contributed by atoms with E-state index in [-0.39, 0.29) is 23.1 Å². The van der Waals surface area contributed by atoms with E-state index in [4.69, 9.17) is 9.15 Å². The lowest BCUT2D eigenvalue weighted by Gasteiger charge is -2.16. The molecule has 0 atom stereocenters. The van der Waals surface area contributed by atoms with Gasteiger partial charge >= 0.3 is 0 Å². The molecule has 0 aliphatic heterocycles. The fourth-order valence-electron chi connectivity index (χ4n) is 1.97. The number of carbonyl (C=O) groups excluding carboxylic acids is 2. The molecule has 4 heteroatoms. The number of allylic oxidation sites excluding steroid dienone is 2. The number of rotatable bonds is 4. The Morgan fingerprint density at radius 3 is 2.71 bits per heavy atom. The van der Waals surface area contributed by atoms with Gasteiger partial charge in [0.2, 0.25) is 0 Å². The van der Waals surface area contributed by atoms with Gasteiger partial charge in [0, 0.05) is 5.57 Å². The van der Waals surface area contributed by atoms with Crippen LogP contribution in [0.1, 0.15) is 47.1 Å². The van der Waals surface area contributed by atoms with Gasteiger partial charge in [-0.3, -0.25) is 9.59 Å². The number of furan rings is 1. The van der Waals surface area contributed by atoms with E-state index in [1.165, 1.54) is 19.4 Å². The van der Waals surface area contributed by atoms with Crippen molar-refractivity contribution in [2.24, 2.45) is 0 Å². The van der Waals surface area contributed by atoms with E-state index in [0.717, 1.165) is 12.8 Å². The molecule has 0 fully saturated rings. The fourth-order valence-corrected chi connectivity index (χ4v) is 1.97. The first-order valence-electron chi connectivity index (χ1n) is 5.64. The van der Waals surface area contributed by atoms with Crippen LogP contribution in [0.15, 0.2) is 28.1 Å². The summed E-state index contributed by atoms with van der Waals surface area (Å²) in [7, 11) is 1.40. The summed E-state index contributed by atoms with van der Waals surface area (Å²) in [5, 5.41) is 0. The number of Topliss-reactive ketones (excluding diaryl/α,β-unsaturated/α-hetero) is 2. The second-order valence-electron chi connectivity index (χ2n) is 3.94. The minimum Gasteiger partial charge on any atom is -0.492 e. The molecule has 0 saturated heterocycles. The lowest BCUT2D eigenvalue weighted by atomic mass is 9.90. The third-order valence-corrected chi connectivity index (χ3v) is 2.85. The zero-order valence-electron chi connectivity index (χ0n) is 9.91. The topological polar surface area (TPSA) is 56.5 Å². The molecule has 2 rings (SSSR count). The van der Waals surface area contributed by atoms with Crippen molar-refractivity contribution in [3.8, 4) is 0 Å². The van der Waals surface area contributed by atoms with Crippen LogP contribution < -0.4 is 0 Å². The van der Waals surface area contributed by atoms with Gasteiger partial charge in [0.25, 0.3) is 5.78 Å². The highest BCUT2D eigenvalue weighted by Crippen LogP contribution is 2.30. The number of unbranched alkanes of at least 4 members (excludes halogenated alkanes) is 1. The second-order valence-corrected chi connectivity index (χ2v) is 3.94. The third kappa shape index (κ3) is 1.79. The number of carbonyl (C=O) groups is 2. The van der Waals surface area contributed by atoms with E-state index >= 15 is 0 Å². The van der Waals surface area contributed by atoms with Crippen molar-refractivity contribution in [3.63, 3.8) is 0 Å². The Balaban J connectivity index is 2.45. The third-order valence-electron chi connectivity index (χ3n) is 2.85. The molecule has 0 saturated carbocycles. The number of ether oxygens (including phenoxy) is 1. The van der Waals surface area contributed by atoms with Crippen molar-refractivity contribution in [1.82, 2.24) is 0 Å². The monoisotopic (exact) mass is 234 g/mol. The summed E-state index contributed by atoms with van der Waals surface area (Å²) >= 11 is 0. The van der Waals surface area contributed by atoms with Gasteiger partial charge in [-0.1, -0.05) is 13.3 Å². The Morgan fingerprint density at radius 2 is 2.06 bits per heavy atom. The largest absolute Gasteiger partial charge is 0.492 e. The van der Waals surface area contributed by atoms with Crippen molar-refractivity contribution in [2.75, 3.05) is 7.11 Å². The number of fused-ring (bicyclic) bond motifs is 1. The zero-order valence-corrected chi connectivity index (χ0v) is 9.91. The average Bonchev–Trinajstić information content (AvgIpc) is 2.81. The van der Waals surface area contributed by atoms with Crippen LogP contribution in [-0.2, 0) is 4.74 Å². The van der Waals surface area contributed by atoms with Gasteiger partial charge in [-0.15, -0.1) is 0 Å². The first-order chi connectivity index (χ1) is 8.20. The molecule has 1 aromatic rings. The lowest BCUT2D eigenvalue weighted by molar-refractivity contribution is 0.0878. The Bertz CT molecular complexity index is 493. The van der Waals surface area contributed by atoms with E-state index in [1.54, 1.807) is 0 Å². The van der Waals surface area contributed by atoms with Crippen LogP contribution in [0.5, 0.6) is 0 Å². The second kappa shape index (κ2) is 4.57. The van der Waals surface area contributed by atoms with Crippen molar-refractivity contribution >= 4 is 11.6 Å². The Morgan fingerprint density at radius 1 is 1.29 bits per heavy atom. The Kier molecular flexibility index (Phi) is 3.13. The molecule has 1 aromatic heterocycles. The Labute approximate surface area is 99.3 Å². The number of hydrogen-bond donors (Lipinski definition) is 0. The molecule has 90 valence electrons. The quantitative estimate of drug-likeness (QED) is 0.803. The van der Waals surface area contributed by atoms with Gasteiger partial charge in [0.05, 0.1) is 18.9 Å². The number of hydrogen-bond acceptors (Lipinski definition) is 4. The first-order valence-corrected chi connectivity index (χ1v) is 5.64. The van der Waals surface area contributed by atoms with Crippen LogP contribution in [0, 0.1) is 0 Å². The molecule has 0 aromatic carbocycles. The summed E-state index contributed by atoms with van der Waals surface area (Å²) in [5.74, 6) is -0.269. The van der Waals surface area contributed by atoms with E-state index in [2.05, 4.69) is 0 Å². The van der Waals surface area contributed by atoms with E-state index in [1.807, 2.05) is 6.92 Å². The van der Waals surface area contributed by atoms with Gasteiger partial charge in [-0.25, -0.2) is 0 Å². The SMILES string of the molecule is CCCCC1=C(OC)C(=O)c2occc2C1=O. The number of ketones is 2. The summed E-state index contributed by atoms with van der Waals surface area (Å²) in [4.78, 5) is 24.1. The van der Waals surface area contributed by atoms with Gasteiger partial charge in [-0.05, 0) is 18.9 Å². The molecular weight excluding hydrogens is 220 g/mol. The molecule has 0 amide bonds. The number of methoxy groups -OCH3 is 1. The van der Waals surface area contributed by atoms with E-state index < -0.39 is 0 Å². The smallest absolute Gasteiger partial charge is 0.263 e. The molecule has 1 aliphatic rings. The first kappa shape index (κ1) is 11.6. The molecule has 0 unspecified atom stereocenters. The maximum Gasteiger partial charge on any atom is 0.263 e. The summed E-state index contributed by atoms with van der Waals surface area (Å²) in [6, 6.07) is 1.54. The summed E-state index contributed by atoms with van der Waals surface area (Å²) in [5.41, 5.74) is 0.815.